The molecule has 0 atom stereocenters. The van der Waals surface area contributed by atoms with Crippen molar-refractivity contribution in [2.24, 2.45) is 9.98 Å². The minimum atomic E-state index is -0.557. The highest BCUT2D eigenvalue weighted by atomic mass is 32.1. The first-order valence-corrected chi connectivity index (χ1v) is 12.2. The molecule has 0 amide bonds. The Morgan fingerprint density at radius 1 is 0.618 bits per heavy atom. The molecule has 0 aliphatic carbocycles. The van der Waals surface area contributed by atoms with Gasteiger partial charge in [0.25, 0.3) is 0 Å². The molecule has 0 saturated heterocycles. The molecular formula is C26H16N2O4S2. The molecule has 2 aliphatic rings. The summed E-state index contributed by atoms with van der Waals surface area (Å²) in [7, 11) is 0. The molecule has 2 aromatic heterocycles. The molecule has 0 fully saturated rings. The number of fused-ring (bicyclic) bond motifs is 2. The van der Waals surface area contributed by atoms with Gasteiger partial charge >= 0.3 is 0 Å². The van der Waals surface area contributed by atoms with E-state index < -0.39 is 11.6 Å². The van der Waals surface area contributed by atoms with Crippen LogP contribution < -0.4 is 0 Å². The quantitative estimate of drug-likeness (QED) is 0.254. The van der Waals surface area contributed by atoms with Crippen molar-refractivity contribution in [2.45, 2.75) is 13.2 Å². The summed E-state index contributed by atoms with van der Waals surface area (Å²) >= 11 is 2.40. The fourth-order valence-electron chi connectivity index (χ4n) is 3.69. The van der Waals surface area contributed by atoms with E-state index in [-0.39, 0.29) is 0 Å². The van der Waals surface area contributed by atoms with Gasteiger partial charge in [0.1, 0.15) is 13.2 Å². The monoisotopic (exact) mass is 484 g/mol. The van der Waals surface area contributed by atoms with Crippen molar-refractivity contribution in [1.29, 1.82) is 0 Å². The highest BCUT2D eigenvalue weighted by Crippen LogP contribution is 2.31. The SMILES string of the molecule is O=C(C(=O)c1ccc(C2=Nc3ccccc3CO2)s1)c1ccc(C2=Nc3ccccc3CO2)s1. The molecule has 0 N–H and O–H groups in total. The van der Waals surface area contributed by atoms with Crippen molar-refractivity contribution >= 4 is 57.4 Å². The van der Waals surface area contributed by atoms with Gasteiger partial charge in [-0.3, -0.25) is 9.59 Å². The third-order valence-corrected chi connectivity index (χ3v) is 7.59. The molecule has 6 rings (SSSR count). The Hall–Kier alpha value is -3.88. The number of para-hydroxylation sites is 2. The number of nitrogens with zero attached hydrogens (tertiary/aromatic N) is 2. The van der Waals surface area contributed by atoms with Crippen molar-refractivity contribution in [2.75, 3.05) is 0 Å². The second kappa shape index (κ2) is 8.48. The van der Waals surface area contributed by atoms with E-state index in [1.807, 2.05) is 48.5 Å². The zero-order valence-electron chi connectivity index (χ0n) is 17.7. The van der Waals surface area contributed by atoms with Crippen LogP contribution in [0, 0.1) is 0 Å². The molecule has 0 unspecified atom stereocenters. The molecule has 34 heavy (non-hydrogen) atoms. The standard InChI is InChI=1S/C26H16N2O4S2/c29-23(19-9-11-21(33-19)25-27-17-7-3-1-5-15(17)13-31-25)24(30)20-10-12-22(34-20)26-28-18-8-4-2-6-16(18)14-32-26/h1-12H,13-14H2. The zero-order chi connectivity index (χ0) is 23.1. The molecular weight excluding hydrogens is 468 g/mol. The number of carbonyl (C=O) groups is 2. The van der Waals surface area contributed by atoms with E-state index in [1.165, 1.54) is 22.7 Å². The summed E-state index contributed by atoms with van der Waals surface area (Å²) in [5.74, 6) is -0.195. The van der Waals surface area contributed by atoms with Gasteiger partial charge in [-0.05, 0) is 36.4 Å². The number of ether oxygens (including phenoxy) is 2. The van der Waals surface area contributed by atoms with Crippen molar-refractivity contribution in [1.82, 2.24) is 0 Å². The van der Waals surface area contributed by atoms with Crippen molar-refractivity contribution in [3.8, 4) is 0 Å². The van der Waals surface area contributed by atoms with Gasteiger partial charge in [-0.2, -0.15) is 0 Å². The number of ketones is 2. The van der Waals surface area contributed by atoms with Crippen LogP contribution in [-0.4, -0.2) is 23.4 Å². The Morgan fingerprint density at radius 2 is 1.06 bits per heavy atom. The van der Waals surface area contributed by atoms with Crippen LogP contribution in [0.4, 0.5) is 11.4 Å². The van der Waals surface area contributed by atoms with E-state index in [2.05, 4.69) is 9.98 Å². The second-order valence-corrected chi connectivity index (χ2v) is 9.82. The van der Waals surface area contributed by atoms with Crippen LogP contribution in [0.3, 0.4) is 0 Å². The van der Waals surface area contributed by atoms with Crippen LogP contribution in [0.15, 0.2) is 82.8 Å². The lowest BCUT2D eigenvalue weighted by Crippen LogP contribution is -2.12. The first-order chi connectivity index (χ1) is 16.7. The van der Waals surface area contributed by atoms with Gasteiger partial charge in [0, 0.05) is 11.1 Å². The summed E-state index contributed by atoms with van der Waals surface area (Å²) < 4.78 is 11.5. The maximum atomic E-state index is 12.9. The fraction of sp³-hybridized carbons (Fsp3) is 0.0769. The molecule has 0 bridgehead atoms. The third kappa shape index (κ3) is 3.76. The predicted molar refractivity (Wildman–Crippen MR) is 132 cm³/mol. The number of hydrogen-bond donors (Lipinski definition) is 0. The van der Waals surface area contributed by atoms with Crippen LogP contribution >= 0.6 is 22.7 Å². The summed E-state index contributed by atoms with van der Waals surface area (Å²) in [6, 6.07) is 22.3. The van der Waals surface area contributed by atoms with Gasteiger partial charge in [0.05, 0.1) is 30.9 Å². The summed E-state index contributed by atoms with van der Waals surface area (Å²) in [5, 5.41) is 0. The summed E-state index contributed by atoms with van der Waals surface area (Å²) in [4.78, 5) is 37.0. The number of rotatable bonds is 5. The van der Waals surface area contributed by atoms with Gasteiger partial charge < -0.3 is 9.47 Å². The van der Waals surface area contributed by atoms with Crippen molar-refractivity contribution < 1.29 is 19.1 Å². The van der Waals surface area contributed by atoms with Crippen LogP contribution in [0.2, 0.25) is 0 Å². The van der Waals surface area contributed by atoms with Gasteiger partial charge in [0.15, 0.2) is 0 Å². The number of hydrogen-bond acceptors (Lipinski definition) is 8. The number of aliphatic imine (C=N–C) groups is 2. The smallest absolute Gasteiger partial charge is 0.244 e. The first kappa shape index (κ1) is 20.7. The minimum Gasteiger partial charge on any atom is -0.472 e. The molecule has 2 aliphatic heterocycles. The average molecular weight is 485 g/mol. The minimum absolute atomic E-state index is 0.347. The Bertz CT molecular complexity index is 1400. The van der Waals surface area contributed by atoms with E-state index in [4.69, 9.17) is 9.47 Å². The number of thiophene rings is 2. The first-order valence-electron chi connectivity index (χ1n) is 10.5. The molecule has 2 aromatic carbocycles. The average Bonchev–Trinajstić information content (AvgIpc) is 3.58. The predicted octanol–water partition coefficient (Wildman–Crippen LogP) is 6.09. The van der Waals surface area contributed by atoms with Crippen molar-refractivity contribution in [3.05, 3.63) is 103 Å². The summed E-state index contributed by atoms with van der Waals surface area (Å²) in [6.45, 7) is 0.840. The highest BCUT2D eigenvalue weighted by molar-refractivity contribution is 7.19. The Balaban J connectivity index is 1.21. The van der Waals surface area contributed by atoms with E-state index in [0.717, 1.165) is 22.5 Å². The second-order valence-electron chi connectivity index (χ2n) is 7.65. The topological polar surface area (TPSA) is 77.3 Å². The lowest BCUT2D eigenvalue weighted by Gasteiger charge is -2.15. The normalized spacial score (nSPS) is 14.1. The van der Waals surface area contributed by atoms with Crippen LogP contribution in [0.1, 0.15) is 40.2 Å². The summed E-state index contributed by atoms with van der Waals surface area (Å²) in [5.41, 5.74) is 3.72. The molecule has 0 spiro atoms. The van der Waals surface area contributed by atoms with Crippen molar-refractivity contribution in [3.63, 3.8) is 0 Å². The van der Waals surface area contributed by atoms with Crippen LogP contribution in [0.25, 0.3) is 0 Å². The molecule has 8 heteroatoms. The van der Waals surface area contributed by atoms with Crippen LogP contribution in [0.5, 0.6) is 0 Å². The lowest BCUT2D eigenvalue weighted by molar-refractivity contribution is 0.0821. The number of carbonyl (C=O) groups excluding carboxylic acids is 2. The molecule has 4 heterocycles. The van der Waals surface area contributed by atoms with Gasteiger partial charge in [-0.25, -0.2) is 9.98 Å². The molecule has 4 aromatic rings. The Kier molecular flexibility index (Phi) is 5.16. The van der Waals surface area contributed by atoms with E-state index in [0.29, 0.717) is 44.5 Å². The fourth-order valence-corrected chi connectivity index (χ4v) is 5.46. The number of Topliss-reactive ketones (excluding diaryl/α,β-unsaturated/α-hetero) is 2. The molecule has 0 radical (unpaired) electrons. The largest absolute Gasteiger partial charge is 0.472 e. The lowest BCUT2D eigenvalue weighted by atomic mass is 10.2. The van der Waals surface area contributed by atoms with E-state index in [1.54, 1.807) is 24.3 Å². The Morgan fingerprint density at radius 3 is 1.53 bits per heavy atom. The van der Waals surface area contributed by atoms with Gasteiger partial charge in [-0.15, -0.1) is 22.7 Å². The van der Waals surface area contributed by atoms with E-state index >= 15 is 0 Å². The maximum Gasteiger partial charge on any atom is 0.244 e. The van der Waals surface area contributed by atoms with Crippen LogP contribution in [-0.2, 0) is 22.7 Å². The van der Waals surface area contributed by atoms with Gasteiger partial charge in [0.2, 0.25) is 23.4 Å². The van der Waals surface area contributed by atoms with E-state index in [9.17, 15) is 9.59 Å². The third-order valence-electron chi connectivity index (χ3n) is 5.44. The zero-order valence-corrected chi connectivity index (χ0v) is 19.3. The van der Waals surface area contributed by atoms with Gasteiger partial charge in [-0.1, -0.05) is 36.4 Å². The molecule has 6 nitrogen and oxygen atoms in total. The maximum absolute atomic E-state index is 12.9. The highest BCUT2D eigenvalue weighted by Gasteiger charge is 2.25. The number of benzene rings is 2. The Labute approximate surface area is 202 Å². The molecule has 0 saturated carbocycles. The summed E-state index contributed by atoms with van der Waals surface area (Å²) in [6.07, 6.45) is 0. The molecule has 166 valence electrons.